The van der Waals surface area contributed by atoms with E-state index in [2.05, 4.69) is 38.5 Å². The highest BCUT2D eigenvalue weighted by atomic mass is 127. The third-order valence-electron chi connectivity index (χ3n) is 1.09. The van der Waals surface area contributed by atoms with Crippen LogP contribution < -0.4 is 0 Å². The molecule has 0 aliphatic carbocycles. The van der Waals surface area contributed by atoms with Crippen molar-refractivity contribution < 1.29 is 5.11 Å². The lowest BCUT2D eigenvalue weighted by molar-refractivity contribution is 0.415. The molecule has 0 bridgehead atoms. The number of benzene rings is 1. The van der Waals surface area contributed by atoms with Gasteiger partial charge in [-0.1, -0.05) is 6.07 Å². The number of aliphatic hydroxyl groups excluding tert-OH is 1. The van der Waals surface area contributed by atoms with E-state index >= 15 is 0 Å². The fourth-order valence-electron chi connectivity index (χ4n) is 0.593. The van der Waals surface area contributed by atoms with Crippen molar-refractivity contribution >= 4 is 38.5 Å². The number of rotatable bonds is 1. The first-order chi connectivity index (χ1) is 4.74. The maximum atomic E-state index is 8.60. The molecule has 0 fully saturated rings. The van der Waals surface area contributed by atoms with Crippen molar-refractivity contribution in [1.29, 1.82) is 0 Å². The van der Waals surface area contributed by atoms with Crippen LogP contribution >= 0.6 is 38.5 Å². The molecule has 1 nitrogen and oxygen atoms in total. The molecular formula is C7H5BrIO. The van der Waals surface area contributed by atoms with Gasteiger partial charge in [-0.05, 0) is 56.2 Å². The molecule has 3 heteroatoms. The Hall–Kier alpha value is 0.390. The van der Waals surface area contributed by atoms with Crippen LogP contribution in [-0.2, 0) is 0 Å². The van der Waals surface area contributed by atoms with Crippen molar-refractivity contribution in [2.75, 3.05) is 0 Å². The monoisotopic (exact) mass is 311 g/mol. The molecule has 1 aromatic rings. The molecule has 0 amide bonds. The van der Waals surface area contributed by atoms with Gasteiger partial charge in [-0.2, -0.15) is 0 Å². The van der Waals surface area contributed by atoms with Crippen molar-refractivity contribution in [3.63, 3.8) is 0 Å². The van der Waals surface area contributed by atoms with Gasteiger partial charge in [0.25, 0.3) is 0 Å². The summed E-state index contributed by atoms with van der Waals surface area (Å²) in [5.74, 6) is 0. The Kier molecular flexibility index (Phi) is 3.13. The molecule has 53 valence electrons. The van der Waals surface area contributed by atoms with E-state index in [1.54, 1.807) is 0 Å². The zero-order valence-corrected chi connectivity index (χ0v) is 8.76. The van der Waals surface area contributed by atoms with Crippen molar-refractivity contribution in [1.82, 2.24) is 0 Å². The van der Waals surface area contributed by atoms with E-state index in [4.69, 9.17) is 5.11 Å². The predicted molar refractivity (Wildman–Crippen MR) is 52.2 cm³/mol. The van der Waals surface area contributed by atoms with E-state index in [1.807, 2.05) is 18.2 Å². The fourth-order valence-corrected chi connectivity index (χ4v) is 1.32. The maximum absolute atomic E-state index is 8.60. The third-order valence-corrected chi connectivity index (χ3v) is 3.43. The molecule has 10 heavy (non-hydrogen) atoms. The number of halogens is 2. The summed E-state index contributed by atoms with van der Waals surface area (Å²) in [7, 11) is 0. The van der Waals surface area contributed by atoms with Crippen molar-refractivity contribution in [2.45, 2.75) is 0 Å². The molecule has 0 saturated carbocycles. The molecule has 0 heterocycles. The van der Waals surface area contributed by atoms with Crippen LogP contribution in [0, 0.1) is 10.2 Å². The Bertz CT molecular complexity index is 237. The van der Waals surface area contributed by atoms with Crippen LogP contribution in [0.15, 0.2) is 22.7 Å². The SMILES string of the molecule is O[CH]c1ccc(I)c(Br)c1. The summed E-state index contributed by atoms with van der Waals surface area (Å²) in [6.45, 7) is 1.08. The molecular weight excluding hydrogens is 307 g/mol. The Labute approximate surface area is 81.7 Å². The Morgan fingerprint density at radius 1 is 1.50 bits per heavy atom. The highest BCUT2D eigenvalue weighted by molar-refractivity contribution is 14.1. The normalized spacial score (nSPS) is 9.90. The minimum atomic E-state index is 0.812. The van der Waals surface area contributed by atoms with E-state index in [0.717, 1.165) is 20.2 Å². The molecule has 1 radical (unpaired) electrons. The van der Waals surface area contributed by atoms with Gasteiger partial charge in [0.15, 0.2) is 0 Å². The highest BCUT2D eigenvalue weighted by Crippen LogP contribution is 2.20. The summed E-state index contributed by atoms with van der Waals surface area (Å²) >= 11 is 5.56. The molecule has 0 spiro atoms. The quantitative estimate of drug-likeness (QED) is 0.791. The number of aliphatic hydroxyl groups is 1. The number of hydrogen-bond donors (Lipinski definition) is 1. The molecule has 1 N–H and O–H groups in total. The molecule has 1 rings (SSSR count). The van der Waals surface area contributed by atoms with Gasteiger partial charge < -0.3 is 5.11 Å². The second-order valence-electron chi connectivity index (χ2n) is 1.80. The second-order valence-corrected chi connectivity index (χ2v) is 3.82. The van der Waals surface area contributed by atoms with Gasteiger partial charge in [0.1, 0.15) is 6.61 Å². The van der Waals surface area contributed by atoms with E-state index < -0.39 is 0 Å². The van der Waals surface area contributed by atoms with Crippen LogP contribution in [0.25, 0.3) is 0 Å². The van der Waals surface area contributed by atoms with Crippen LogP contribution in [0.2, 0.25) is 0 Å². The molecule has 1 aromatic carbocycles. The highest BCUT2D eigenvalue weighted by Gasteiger charge is 1.96. The molecule has 0 unspecified atom stereocenters. The lowest BCUT2D eigenvalue weighted by atomic mass is 10.2. The lowest BCUT2D eigenvalue weighted by Crippen LogP contribution is -1.81. The molecule has 0 saturated heterocycles. The van der Waals surface area contributed by atoms with Crippen molar-refractivity contribution in [2.24, 2.45) is 0 Å². The average molecular weight is 312 g/mol. The third kappa shape index (κ3) is 1.93. The number of hydrogen-bond acceptors (Lipinski definition) is 1. The topological polar surface area (TPSA) is 20.2 Å². The standard InChI is InChI=1S/C7H5BrIO/c8-6-3-5(4-10)1-2-7(6)9/h1-4,10H. The maximum Gasteiger partial charge on any atom is 0.109 e. The molecule has 0 aromatic heterocycles. The summed E-state index contributed by atoms with van der Waals surface area (Å²) in [5.41, 5.74) is 0.812. The van der Waals surface area contributed by atoms with Crippen molar-refractivity contribution in [3.8, 4) is 0 Å². The van der Waals surface area contributed by atoms with Gasteiger partial charge in [0.05, 0.1) is 0 Å². The fraction of sp³-hybridized carbons (Fsp3) is 0. The largest absolute Gasteiger partial charge is 0.385 e. The van der Waals surface area contributed by atoms with Gasteiger partial charge in [-0.25, -0.2) is 0 Å². The summed E-state index contributed by atoms with van der Waals surface area (Å²) in [6.07, 6.45) is 0. The van der Waals surface area contributed by atoms with Gasteiger partial charge in [0.2, 0.25) is 0 Å². The Morgan fingerprint density at radius 3 is 2.70 bits per heavy atom. The smallest absolute Gasteiger partial charge is 0.109 e. The lowest BCUT2D eigenvalue weighted by Gasteiger charge is -1.97. The van der Waals surface area contributed by atoms with Crippen molar-refractivity contribution in [3.05, 3.63) is 38.4 Å². The van der Waals surface area contributed by atoms with Gasteiger partial charge in [-0.3, -0.25) is 0 Å². The first-order valence-electron chi connectivity index (χ1n) is 2.66. The predicted octanol–water partition coefficient (Wildman–Crippen LogP) is 2.94. The van der Waals surface area contributed by atoms with Crippen LogP contribution in [0.3, 0.4) is 0 Å². The van der Waals surface area contributed by atoms with Gasteiger partial charge in [0, 0.05) is 8.04 Å². The van der Waals surface area contributed by atoms with E-state index in [1.165, 1.54) is 0 Å². The van der Waals surface area contributed by atoms with Crippen LogP contribution in [0.5, 0.6) is 0 Å². The summed E-state index contributed by atoms with van der Waals surface area (Å²) in [6, 6.07) is 5.65. The second kappa shape index (κ2) is 3.69. The summed E-state index contributed by atoms with van der Waals surface area (Å²) in [4.78, 5) is 0. The van der Waals surface area contributed by atoms with E-state index in [9.17, 15) is 0 Å². The first kappa shape index (κ1) is 8.49. The average Bonchev–Trinajstić information content (AvgIpc) is 1.95. The van der Waals surface area contributed by atoms with Crippen LogP contribution in [0.1, 0.15) is 5.56 Å². The Morgan fingerprint density at radius 2 is 2.20 bits per heavy atom. The van der Waals surface area contributed by atoms with Crippen LogP contribution in [0.4, 0.5) is 0 Å². The zero-order valence-electron chi connectivity index (χ0n) is 5.01. The molecule has 0 atom stereocenters. The molecule has 0 aliphatic rings. The first-order valence-corrected chi connectivity index (χ1v) is 4.53. The van der Waals surface area contributed by atoms with E-state index in [0.29, 0.717) is 0 Å². The summed E-state index contributed by atoms with van der Waals surface area (Å²) in [5, 5.41) is 8.60. The van der Waals surface area contributed by atoms with Gasteiger partial charge in [-0.15, -0.1) is 0 Å². The minimum absolute atomic E-state index is 0.812. The van der Waals surface area contributed by atoms with Gasteiger partial charge >= 0.3 is 0 Å². The minimum Gasteiger partial charge on any atom is -0.385 e. The van der Waals surface area contributed by atoms with E-state index in [-0.39, 0.29) is 0 Å². The molecule has 0 aliphatic heterocycles. The summed E-state index contributed by atoms with van der Waals surface area (Å²) < 4.78 is 2.15. The Balaban J connectivity index is 3.04. The zero-order chi connectivity index (χ0) is 7.56. The van der Waals surface area contributed by atoms with Crippen LogP contribution in [-0.4, -0.2) is 5.11 Å².